The van der Waals surface area contributed by atoms with Crippen molar-refractivity contribution in [3.63, 3.8) is 0 Å². The van der Waals surface area contributed by atoms with Crippen molar-refractivity contribution < 1.29 is 28.6 Å². The van der Waals surface area contributed by atoms with Gasteiger partial charge in [-0.2, -0.15) is 5.10 Å². The molecule has 0 radical (unpaired) electrons. The van der Waals surface area contributed by atoms with Crippen LogP contribution in [0, 0.1) is 0 Å². The summed E-state index contributed by atoms with van der Waals surface area (Å²) in [5.74, 6) is 0.779. The highest BCUT2D eigenvalue weighted by molar-refractivity contribution is 6.01. The molecule has 2 aromatic carbocycles. The number of piperidine rings is 1. The van der Waals surface area contributed by atoms with Gasteiger partial charge in [-0.3, -0.25) is 34.1 Å². The number of hydrogen-bond acceptors (Lipinski definition) is 11. The molecule has 288 valence electrons. The van der Waals surface area contributed by atoms with Crippen molar-refractivity contribution in [2.45, 2.75) is 38.1 Å². The van der Waals surface area contributed by atoms with Crippen LogP contribution in [-0.4, -0.2) is 110 Å². The number of benzene rings is 2. The number of aromatic nitrogens is 3. The Morgan fingerprint density at radius 3 is 2.39 bits per heavy atom. The third kappa shape index (κ3) is 9.02. The van der Waals surface area contributed by atoms with Crippen molar-refractivity contribution >= 4 is 40.0 Å². The van der Waals surface area contributed by atoms with Crippen molar-refractivity contribution in [1.29, 1.82) is 0 Å². The molecule has 0 saturated carbocycles. The number of aryl methyl sites for hydroxylation is 2. The lowest BCUT2D eigenvalue weighted by atomic mass is 9.98. The first-order valence-electron chi connectivity index (χ1n) is 18.4. The number of pyridine rings is 1. The first-order chi connectivity index (χ1) is 26.1. The van der Waals surface area contributed by atoms with Crippen molar-refractivity contribution in [2.24, 2.45) is 14.1 Å². The van der Waals surface area contributed by atoms with Crippen LogP contribution in [0.15, 0.2) is 53.6 Å². The van der Waals surface area contributed by atoms with Gasteiger partial charge in [0.25, 0.3) is 5.56 Å². The molecule has 54 heavy (non-hydrogen) atoms. The van der Waals surface area contributed by atoms with E-state index in [0.717, 1.165) is 66.2 Å². The Hall–Kier alpha value is -5.41. The summed E-state index contributed by atoms with van der Waals surface area (Å²) in [7, 11) is 6.70. The Morgan fingerprint density at radius 2 is 1.70 bits per heavy atom. The molecule has 15 heteroatoms. The summed E-state index contributed by atoms with van der Waals surface area (Å²) >= 11 is 0. The number of anilines is 2. The quantitative estimate of drug-likeness (QED) is 0.114. The van der Waals surface area contributed by atoms with Gasteiger partial charge < -0.3 is 34.3 Å². The van der Waals surface area contributed by atoms with Gasteiger partial charge in [-0.05, 0) is 61.2 Å². The SMILES string of the molecule is COc1cc(-c2cn(C)c(=O)c3c2cnn3C)cc(OC)c1CCCC(=O)NCCOCCN1CCN(c2ccc(NC3CCC(=O)NC3=O)cc2)CC1. The minimum Gasteiger partial charge on any atom is -0.496 e. The number of nitrogens with one attached hydrogen (secondary N) is 3. The minimum absolute atomic E-state index is 0.0340. The lowest BCUT2D eigenvalue weighted by Gasteiger charge is -2.36. The van der Waals surface area contributed by atoms with Gasteiger partial charge in [0, 0.05) is 100 Å². The maximum atomic E-state index is 12.7. The summed E-state index contributed by atoms with van der Waals surface area (Å²) in [5.41, 5.74) is 4.95. The molecule has 1 atom stereocenters. The molecule has 2 aromatic heterocycles. The average Bonchev–Trinajstić information content (AvgIpc) is 3.57. The van der Waals surface area contributed by atoms with Gasteiger partial charge in [-0.1, -0.05) is 0 Å². The van der Waals surface area contributed by atoms with Crippen molar-refractivity contribution in [3.05, 3.63) is 64.7 Å². The number of imide groups is 1. The zero-order valence-electron chi connectivity index (χ0n) is 31.5. The number of fused-ring (bicyclic) bond motifs is 1. The molecule has 4 heterocycles. The van der Waals surface area contributed by atoms with Crippen LogP contribution < -0.4 is 35.9 Å². The minimum atomic E-state index is -0.395. The second-order valence-corrected chi connectivity index (χ2v) is 13.7. The predicted octanol–water partition coefficient (Wildman–Crippen LogP) is 2.45. The number of methoxy groups -OCH3 is 2. The zero-order valence-corrected chi connectivity index (χ0v) is 31.5. The molecule has 3 N–H and O–H groups in total. The molecule has 0 bridgehead atoms. The highest BCUT2D eigenvalue weighted by Crippen LogP contribution is 2.38. The summed E-state index contributed by atoms with van der Waals surface area (Å²) in [6.07, 6.45) is 5.89. The average molecular weight is 743 g/mol. The molecule has 6 rings (SSSR count). The van der Waals surface area contributed by atoms with E-state index in [2.05, 4.69) is 43.0 Å². The third-order valence-corrected chi connectivity index (χ3v) is 10.1. The largest absolute Gasteiger partial charge is 0.496 e. The van der Waals surface area contributed by atoms with E-state index in [0.29, 0.717) is 68.9 Å². The Morgan fingerprint density at radius 1 is 0.981 bits per heavy atom. The molecule has 2 aliphatic heterocycles. The van der Waals surface area contributed by atoms with Crippen molar-refractivity contribution in [2.75, 3.05) is 76.9 Å². The van der Waals surface area contributed by atoms with E-state index >= 15 is 0 Å². The predicted molar refractivity (Wildman–Crippen MR) is 206 cm³/mol. The molecule has 15 nitrogen and oxygen atoms in total. The van der Waals surface area contributed by atoms with Crippen LogP contribution in [0.5, 0.6) is 11.5 Å². The van der Waals surface area contributed by atoms with Crippen LogP contribution in [0.2, 0.25) is 0 Å². The summed E-state index contributed by atoms with van der Waals surface area (Å²) < 4.78 is 20.5. The van der Waals surface area contributed by atoms with E-state index in [-0.39, 0.29) is 23.3 Å². The van der Waals surface area contributed by atoms with Crippen LogP contribution in [0.25, 0.3) is 22.0 Å². The highest BCUT2D eigenvalue weighted by Gasteiger charge is 2.26. The lowest BCUT2D eigenvalue weighted by Crippen LogP contribution is -2.47. The Kier molecular flexibility index (Phi) is 12.5. The number of carbonyl (C=O) groups is 3. The highest BCUT2D eigenvalue weighted by atomic mass is 16.5. The van der Waals surface area contributed by atoms with E-state index in [1.807, 2.05) is 24.3 Å². The molecule has 0 spiro atoms. The molecular weight excluding hydrogens is 692 g/mol. The Labute approximate surface area is 314 Å². The summed E-state index contributed by atoms with van der Waals surface area (Å²) in [5, 5.41) is 13.6. The fourth-order valence-electron chi connectivity index (χ4n) is 7.10. The van der Waals surface area contributed by atoms with Gasteiger partial charge in [0.05, 0.1) is 33.6 Å². The standard InChI is InChI=1S/C39H50N8O7/c1-44-25-31(30-24-41-45(2)37(30)39(44)51)26-22-33(52-3)29(34(23-26)53-4)6-5-7-35(48)40-14-20-54-21-19-46-15-17-47(18-16-46)28-10-8-27(9-11-28)42-32-12-13-36(49)43-38(32)50/h8-11,22-25,32,42H,5-7,12-21H2,1-4H3,(H,40,48)(H,43,49,50). The van der Waals surface area contributed by atoms with Crippen LogP contribution in [0.4, 0.5) is 11.4 Å². The number of piperazine rings is 1. The number of ether oxygens (including phenoxy) is 3. The lowest BCUT2D eigenvalue weighted by molar-refractivity contribution is -0.133. The van der Waals surface area contributed by atoms with Crippen LogP contribution in [-0.2, 0) is 39.6 Å². The van der Waals surface area contributed by atoms with Gasteiger partial charge in [-0.15, -0.1) is 0 Å². The maximum absolute atomic E-state index is 12.7. The second-order valence-electron chi connectivity index (χ2n) is 13.7. The van der Waals surface area contributed by atoms with E-state index < -0.39 is 6.04 Å². The summed E-state index contributed by atoms with van der Waals surface area (Å²) in [4.78, 5) is 53.5. The van der Waals surface area contributed by atoms with E-state index in [1.165, 1.54) is 0 Å². The van der Waals surface area contributed by atoms with Gasteiger partial charge in [-0.25, -0.2) is 0 Å². The van der Waals surface area contributed by atoms with E-state index in [4.69, 9.17) is 14.2 Å². The maximum Gasteiger partial charge on any atom is 0.276 e. The molecule has 2 saturated heterocycles. The second kappa shape index (κ2) is 17.6. The summed E-state index contributed by atoms with van der Waals surface area (Å²) in [6.45, 7) is 5.98. The van der Waals surface area contributed by atoms with Gasteiger partial charge in [0.15, 0.2) is 0 Å². The Bertz CT molecular complexity index is 1990. The number of hydrogen-bond donors (Lipinski definition) is 3. The molecule has 2 fully saturated rings. The monoisotopic (exact) mass is 742 g/mol. The normalized spacial score (nSPS) is 16.4. The fourth-order valence-corrected chi connectivity index (χ4v) is 7.10. The van der Waals surface area contributed by atoms with Crippen LogP contribution in [0.3, 0.4) is 0 Å². The number of rotatable bonds is 16. The molecule has 0 aliphatic carbocycles. The van der Waals surface area contributed by atoms with Gasteiger partial charge in [0.2, 0.25) is 17.7 Å². The number of nitrogens with zero attached hydrogens (tertiary/aromatic N) is 5. The van der Waals surface area contributed by atoms with Crippen LogP contribution >= 0.6 is 0 Å². The molecule has 3 amide bonds. The van der Waals surface area contributed by atoms with E-state index in [1.54, 1.807) is 50.0 Å². The zero-order chi connectivity index (χ0) is 38.2. The van der Waals surface area contributed by atoms with Gasteiger partial charge >= 0.3 is 0 Å². The van der Waals surface area contributed by atoms with E-state index in [9.17, 15) is 19.2 Å². The van der Waals surface area contributed by atoms with Crippen molar-refractivity contribution in [1.82, 2.24) is 29.9 Å². The third-order valence-electron chi connectivity index (χ3n) is 10.1. The first kappa shape index (κ1) is 38.3. The van der Waals surface area contributed by atoms with Crippen molar-refractivity contribution in [3.8, 4) is 22.6 Å². The summed E-state index contributed by atoms with van der Waals surface area (Å²) in [6, 6.07) is 11.6. The molecule has 4 aromatic rings. The van der Waals surface area contributed by atoms with Gasteiger partial charge in [0.1, 0.15) is 23.1 Å². The molecule has 2 aliphatic rings. The van der Waals surface area contributed by atoms with Crippen LogP contribution in [0.1, 0.15) is 31.2 Å². The molecular formula is C39H50N8O7. The topological polar surface area (TPSA) is 161 Å². The smallest absolute Gasteiger partial charge is 0.276 e. The molecule has 1 unspecified atom stereocenters. The number of amides is 3. The Balaban J connectivity index is 0.877. The number of carbonyl (C=O) groups excluding carboxylic acids is 3. The first-order valence-corrected chi connectivity index (χ1v) is 18.4. The fraction of sp³-hybridized carbons (Fsp3) is 0.462.